The molecule has 0 bridgehead atoms. The molecule has 2 nitrogen and oxygen atoms in total. The summed E-state index contributed by atoms with van der Waals surface area (Å²) in [6.45, 7) is 3.68. The second-order valence-electron chi connectivity index (χ2n) is 7.61. The van der Waals surface area contributed by atoms with Gasteiger partial charge >= 0.3 is 21.7 Å². The maximum atomic E-state index is 10.8. The first-order chi connectivity index (χ1) is 16.0. The number of amides is 1. The summed E-state index contributed by atoms with van der Waals surface area (Å²) in [4.78, 5) is 10.8. The molecule has 0 saturated carbocycles. The first kappa shape index (κ1) is 33.5. The minimum Gasteiger partial charge on any atom is -1.00 e. The summed E-state index contributed by atoms with van der Waals surface area (Å²) in [5.41, 5.74) is 9.26. The Hall–Kier alpha value is -2.53. The minimum atomic E-state index is -0.597. The molecule has 0 aliphatic rings. The second kappa shape index (κ2) is 17.8. The Labute approximate surface area is 244 Å². The number of hydrogen-bond donors (Lipinski definition) is 0. The summed E-state index contributed by atoms with van der Waals surface area (Å²) in [5.74, 6) is -0.597. The van der Waals surface area contributed by atoms with Crippen LogP contribution in [0.3, 0.4) is 0 Å². The van der Waals surface area contributed by atoms with Crippen molar-refractivity contribution < 1.29 is 51.3 Å². The van der Waals surface area contributed by atoms with Crippen molar-refractivity contribution in [1.29, 1.82) is 0 Å². The van der Waals surface area contributed by atoms with Crippen LogP contribution in [-0.2, 0) is 21.7 Å². The minimum absolute atomic E-state index is 0. The Kier molecular flexibility index (Phi) is 16.6. The first-order valence-electron chi connectivity index (χ1n) is 10.8. The van der Waals surface area contributed by atoms with E-state index in [1.54, 1.807) is 0 Å². The van der Waals surface area contributed by atoms with Crippen molar-refractivity contribution >= 4 is 36.6 Å². The Morgan fingerprint density at radius 2 is 1.14 bits per heavy atom. The monoisotopic (exact) mass is 563 g/mol. The first-order valence-corrected chi connectivity index (χ1v) is 11.8. The topological polar surface area (TPSA) is 40.9 Å². The maximum absolute atomic E-state index is 10.8. The molecular weight excluding hydrogens is 537 g/mol. The molecule has 6 heteroatoms. The van der Waals surface area contributed by atoms with Crippen molar-refractivity contribution in [3.05, 3.63) is 144 Å². The third kappa shape index (κ3) is 10.6. The average molecular weight is 564 g/mol. The molecule has 0 saturated heterocycles. The van der Waals surface area contributed by atoms with Crippen molar-refractivity contribution in [2.24, 2.45) is 0 Å². The van der Waals surface area contributed by atoms with Crippen LogP contribution >= 0.6 is 0 Å². The number of fused-ring (bicyclic) bond motifs is 1. The number of carbonyl (C=O) groups excluding carboxylic acids is 1. The molecule has 5 rings (SSSR count). The summed E-state index contributed by atoms with van der Waals surface area (Å²) >= 11 is 0. The summed E-state index contributed by atoms with van der Waals surface area (Å²) < 4.78 is 0. The molecule has 0 aliphatic carbocycles. The number of carbonyl (C=O) groups is 1. The zero-order valence-electron chi connectivity index (χ0n) is 20.2. The van der Waals surface area contributed by atoms with Crippen molar-refractivity contribution in [2.45, 2.75) is 13.8 Å². The fourth-order valence-electron chi connectivity index (χ4n) is 3.45. The third-order valence-corrected chi connectivity index (χ3v) is 6.34. The van der Waals surface area contributed by atoms with Gasteiger partial charge in [-0.2, -0.15) is 17.5 Å². The fraction of sp³-hybridized carbons (Fsp3) is 0.0667. The number of nitrogens with one attached hydrogen (secondary N) is 1. The molecule has 5 aromatic rings. The molecule has 1 amide bonds. The van der Waals surface area contributed by atoms with Gasteiger partial charge in [-0.1, -0.05) is 95.3 Å². The predicted octanol–water partition coefficient (Wildman–Crippen LogP) is 0.402. The van der Waals surface area contributed by atoms with Gasteiger partial charge in [-0.05, 0) is 25.0 Å². The van der Waals surface area contributed by atoms with Gasteiger partial charge in [0.1, 0.15) is 9.52 Å². The van der Waals surface area contributed by atoms with Crippen LogP contribution in [0.25, 0.3) is 16.5 Å². The Morgan fingerprint density at radius 3 is 1.58 bits per heavy atom. The molecule has 36 heavy (non-hydrogen) atoms. The molecule has 1 N–H and O–H groups in total. The predicted molar refractivity (Wildman–Crippen MR) is 142 cm³/mol. The number of rotatable bonds is 3. The van der Waals surface area contributed by atoms with Gasteiger partial charge in [0.05, 0.1) is 5.91 Å². The fourth-order valence-corrected chi connectivity index (χ4v) is 4.50. The van der Waals surface area contributed by atoms with Crippen LogP contribution in [0.4, 0.5) is 0 Å². The van der Waals surface area contributed by atoms with Gasteiger partial charge in [-0.25, -0.2) is 0 Å². The average Bonchev–Trinajstić information content (AvgIpc) is 3.30. The molecule has 0 aliphatic heterocycles. The Bertz CT molecular complexity index is 1210. The van der Waals surface area contributed by atoms with Crippen LogP contribution < -0.4 is 35.2 Å². The van der Waals surface area contributed by atoms with Gasteiger partial charge in [0, 0.05) is 5.56 Å². The van der Waals surface area contributed by atoms with Crippen LogP contribution in [0.15, 0.2) is 121 Å². The quantitative estimate of drug-likeness (QED) is 0.231. The molecule has 0 fully saturated rings. The van der Waals surface area contributed by atoms with Crippen molar-refractivity contribution in [2.75, 3.05) is 0 Å². The standard InChI is InChI=1S/C12H10Si.C9H11NO.C9H7.2ClH.Ti/c1-3-7-11(8-4-1)13-12-9-5-2-6-10-12;1-6-4-3-5-7(2)8(6)9(10)11;1-2-5-9-7-3-6-8(9)4-1;;;/h1-10H;3-5H,1-2H3,(H2,10,11);1-7H;2*1H;/q;;-1;;;+4/p-3. The normalized spacial score (nSPS) is 9.06. The SMILES string of the molecule is Cc1cccc(C)c1C([NH-])=O.[Cl-].[Cl-].[Ti+4].c1ccc([Si]c2ccccc2)cc1.c1ccc2[cH-]ccc2c1. The van der Waals surface area contributed by atoms with Crippen LogP contribution in [-0.4, -0.2) is 15.4 Å². The van der Waals surface area contributed by atoms with E-state index in [1.165, 1.54) is 21.1 Å². The molecule has 2 radical (unpaired) electrons. The van der Waals surface area contributed by atoms with Crippen molar-refractivity contribution in [3.8, 4) is 0 Å². The van der Waals surface area contributed by atoms with Crippen molar-refractivity contribution in [3.63, 3.8) is 0 Å². The summed E-state index contributed by atoms with van der Waals surface area (Å²) in [6.07, 6.45) is 0. The van der Waals surface area contributed by atoms with Crippen LogP contribution in [0.5, 0.6) is 0 Å². The van der Waals surface area contributed by atoms with Gasteiger partial charge in [-0.15, -0.1) is 29.7 Å². The number of aryl methyl sites for hydroxylation is 2. The number of halogens is 2. The molecule has 5 aromatic carbocycles. The number of benzene rings is 4. The van der Waals surface area contributed by atoms with E-state index in [1.807, 2.05) is 32.0 Å². The van der Waals surface area contributed by atoms with E-state index in [0.717, 1.165) is 20.6 Å². The molecular formula is C30H27Cl2NOSiTi. The van der Waals surface area contributed by atoms with Crippen LogP contribution in [0.2, 0.25) is 0 Å². The van der Waals surface area contributed by atoms with Gasteiger partial charge in [0.25, 0.3) is 0 Å². The van der Waals surface area contributed by atoms with E-state index < -0.39 is 5.91 Å². The van der Waals surface area contributed by atoms with E-state index in [0.29, 0.717) is 5.56 Å². The molecule has 0 spiro atoms. The second-order valence-corrected chi connectivity index (χ2v) is 9.01. The van der Waals surface area contributed by atoms with Crippen LogP contribution in [0, 0.1) is 13.8 Å². The van der Waals surface area contributed by atoms with E-state index in [2.05, 4.69) is 103 Å². The third-order valence-electron chi connectivity index (χ3n) is 5.09. The molecule has 180 valence electrons. The summed E-state index contributed by atoms with van der Waals surface area (Å²) in [6, 6.07) is 41.4. The zero-order chi connectivity index (χ0) is 23.5. The maximum Gasteiger partial charge on any atom is 4.00 e. The summed E-state index contributed by atoms with van der Waals surface area (Å²) in [5, 5.41) is 5.46. The largest absolute Gasteiger partial charge is 4.00 e. The van der Waals surface area contributed by atoms with Crippen LogP contribution in [0.1, 0.15) is 21.5 Å². The molecule has 0 heterocycles. The van der Waals surface area contributed by atoms with E-state index in [-0.39, 0.29) is 46.5 Å². The number of hydrogen-bond acceptors (Lipinski definition) is 1. The van der Waals surface area contributed by atoms with E-state index in [4.69, 9.17) is 5.73 Å². The van der Waals surface area contributed by atoms with Gasteiger partial charge in [-0.3, -0.25) is 0 Å². The molecule has 0 aromatic heterocycles. The van der Waals surface area contributed by atoms with E-state index in [9.17, 15) is 4.79 Å². The summed E-state index contributed by atoms with van der Waals surface area (Å²) in [7, 11) is 0.777. The van der Waals surface area contributed by atoms with Gasteiger partial charge in [0.2, 0.25) is 0 Å². The van der Waals surface area contributed by atoms with Crippen molar-refractivity contribution in [1.82, 2.24) is 0 Å². The van der Waals surface area contributed by atoms with Gasteiger partial charge < -0.3 is 35.3 Å². The van der Waals surface area contributed by atoms with E-state index >= 15 is 0 Å². The molecule has 0 unspecified atom stereocenters. The zero-order valence-corrected chi connectivity index (χ0v) is 24.3. The Morgan fingerprint density at radius 1 is 0.667 bits per heavy atom. The molecule has 0 atom stereocenters. The Balaban J connectivity index is 0.000000497. The van der Waals surface area contributed by atoms with Gasteiger partial charge in [0.15, 0.2) is 0 Å². The smallest absolute Gasteiger partial charge is 1.00 e.